The summed E-state index contributed by atoms with van der Waals surface area (Å²) in [5.74, 6) is 1.18. The molecule has 1 unspecified atom stereocenters. The molecule has 1 fully saturated rings. The maximum absolute atomic E-state index is 12.5. The molecule has 2 aromatic rings. The van der Waals surface area contributed by atoms with Crippen molar-refractivity contribution in [3.05, 3.63) is 53.6 Å². The van der Waals surface area contributed by atoms with Gasteiger partial charge in [0.15, 0.2) is 6.61 Å². The molecule has 0 aliphatic carbocycles. The lowest BCUT2D eigenvalue weighted by molar-refractivity contribution is -0.123. The zero-order valence-corrected chi connectivity index (χ0v) is 19.0. The van der Waals surface area contributed by atoms with E-state index in [4.69, 9.17) is 14.2 Å². The molecule has 172 valence electrons. The summed E-state index contributed by atoms with van der Waals surface area (Å²) in [4.78, 5) is 17.3. The number of rotatable bonds is 8. The third-order valence-electron chi connectivity index (χ3n) is 6.23. The van der Waals surface area contributed by atoms with Crippen LogP contribution < -0.4 is 19.7 Å². The molecule has 2 aliphatic heterocycles. The molecule has 1 atom stereocenters. The second kappa shape index (κ2) is 10.7. The van der Waals surface area contributed by atoms with E-state index in [9.17, 15) is 4.79 Å². The Bertz CT molecular complexity index is 914. The lowest BCUT2D eigenvalue weighted by Crippen LogP contribution is -2.44. The van der Waals surface area contributed by atoms with E-state index in [1.165, 1.54) is 23.2 Å². The van der Waals surface area contributed by atoms with Crippen LogP contribution in [0.3, 0.4) is 0 Å². The van der Waals surface area contributed by atoms with Gasteiger partial charge >= 0.3 is 0 Å². The van der Waals surface area contributed by atoms with Gasteiger partial charge in [0.1, 0.15) is 11.5 Å². The molecule has 2 aromatic carbocycles. The normalized spacial score (nSPS) is 17.4. The van der Waals surface area contributed by atoms with E-state index in [-0.39, 0.29) is 18.6 Å². The molecule has 2 aliphatic rings. The van der Waals surface area contributed by atoms with Gasteiger partial charge in [-0.25, -0.2) is 0 Å². The smallest absolute Gasteiger partial charge is 0.258 e. The highest BCUT2D eigenvalue weighted by Gasteiger charge is 2.25. The van der Waals surface area contributed by atoms with Gasteiger partial charge in [-0.1, -0.05) is 18.2 Å². The minimum Gasteiger partial charge on any atom is -0.497 e. The number of nitrogens with one attached hydrogen (secondary N) is 1. The summed E-state index contributed by atoms with van der Waals surface area (Å²) >= 11 is 0. The Balaban J connectivity index is 1.41. The zero-order chi connectivity index (χ0) is 22.3. The van der Waals surface area contributed by atoms with E-state index in [0.717, 1.165) is 39.3 Å². The number of carbonyl (C=O) groups excluding carboxylic acids is 1. The number of nitrogens with zero attached hydrogens (tertiary/aromatic N) is 2. The lowest BCUT2D eigenvalue weighted by Gasteiger charge is -2.36. The van der Waals surface area contributed by atoms with Crippen molar-refractivity contribution in [2.24, 2.45) is 0 Å². The average Bonchev–Trinajstić information content (AvgIpc) is 2.84. The number of carbonyl (C=O) groups is 1. The van der Waals surface area contributed by atoms with Gasteiger partial charge < -0.3 is 24.4 Å². The van der Waals surface area contributed by atoms with Crippen LogP contribution in [0.4, 0.5) is 5.69 Å². The fraction of sp³-hybridized carbons (Fsp3) is 0.480. The van der Waals surface area contributed by atoms with Crippen molar-refractivity contribution in [1.29, 1.82) is 0 Å². The van der Waals surface area contributed by atoms with Crippen molar-refractivity contribution in [2.45, 2.75) is 18.9 Å². The van der Waals surface area contributed by atoms with Crippen molar-refractivity contribution in [3.63, 3.8) is 0 Å². The molecule has 4 rings (SSSR count). The number of amides is 1. The maximum atomic E-state index is 12.5. The number of hydrogen-bond donors (Lipinski definition) is 1. The number of hydrogen-bond acceptors (Lipinski definition) is 6. The fourth-order valence-corrected chi connectivity index (χ4v) is 4.46. The molecule has 7 heteroatoms. The lowest BCUT2D eigenvalue weighted by atomic mass is 9.95. The van der Waals surface area contributed by atoms with Crippen molar-refractivity contribution < 1.29 is 19.0 Å². The number of aryl methyl sites for hydroxylation is 1. The quantitative estimate of drug-likeness (QED) is 0.682. The monoisotopic (exact) mass is 439 g/mol. The molecule has 0 saturated carbocycles. The number of ether oxygens (including phenoxy) is 3. The maximum Gasteiger partial charge on any atom is 0.258 e. The summed E-state index contributed by atoms with van der Waals surface area (Å²) < 4.78 is 16.4. The molecule has 0 aromatic heterocycles. The average molecular weight is 440 g/mol. The summed E-state index contributed by atoms with van der Waals surface area (Å²) in [6.07, 6.45) is 2.28. The highest BCUT2D eigenvalue weighted by Crippen LogP contribution is 2.31. The van der Waals surface area contributed by atoms with Crippen molar-refractivity contribution in [3.8, 4) is 11.5 Å². The van der Waals surface area contributed by atoms with Crippen LogP contribution in [0.2, 0.25) is 0 Å². The van der Waals surface area contributed by atoms with Crippen LogP contribution in [0.15, 0.2) is 42.5 Å². The first-order valence-electron chi connectivity index (χ1n) is 11.3. The topological polar surface area (TPSA) is 63.3 Å². The van der Waals surface area contributed by atoms with Crippen LogP contribution in [0.1, 0.15) is 23.6 Å². The number of fused-ring (bicyclic) bond motifs is 1. The number of methoxy groups -OCH3 is 1. The van der Waals surface area contributed by atoms with Crippen LogP contribution >= 0.6 is 0 Å². The van der Waals surface area contributed by atoms with E-state index in [0.29, 0.717) is 18.0 Å². The van der Waals surface area contributed by atoms with Gasteiger partial charge in [0.25, 0.3) is 5.91 Å². The van der Waals surface area contributed by atoms with Crippen LogP contribution in [-0.2, 0) is 16.0 Å². The second-order valence-corrected chi connectivity index (χ2v) is 8.35. The predicted molar refractivity (Wildman–Crippen MR) is 125 cm³/mol. The van der Waals surface area contributed by atoms with E-state index in [1.54, 1.807) is 13.2 Å². The zero-order valence-electron chi connectivity index (χ0n) is 19.0. The summed E-state index contributed by atoms with van der Waals surface area (Å²) in [5.41, 5.74) is 3.95. The van der Waals surface area contributed by atoms with Gasteiger partial charge in [0, 0.05) is 45.0 Å². The van der Waals surface area contributed by atoms with Crippen LogP contribution in [0.25, 0.3) is 0 Å². The standard InChI is InChI=1S/C25H33N3O4/c1-27-10-4-5-19-15-20(8-9-23(19)27)24(28-11-13-31-14-12-28)17-26-25(29)18-32-22-7-3-6-21(16-22)30-2/h3,6-9,15-16,24H,4-5,10-14,17-18H2,1-2H3,(H,26,29). The Labute approximate surface area is 190 Å². The number of morpholine rings is 1. The summed E-state index contributed by atoms with van der Waals surface area (Å²) in [6.45, 7) is 4.76. The van der Waals surface area contributed by atoms with Crippen LogP contribution in [-0.4, -0.2) is 71.0 Å². The molecule has 32 heavy (non-hydrogen) atoms. The molecule has 1 amide bonds. The van der Waals surface area contributed by atoms with Gasteiger partial charge in [-0.15, -0.1) is 0 Å². The molecule has 0 spiro atoms. The summed E-state index contributed by atoms with van der Waals surface area (Å²) in [6, 6.07) is 14.1. The largest absolute Gasteiger partial charge is 0.497 e. The third-order valence-corrected chi connectivity index (χ3v) is 6.23. The van der Waals surface area contributed by atoms with E-state index >= 15 is 0 Å². The van der Waals surface area contributed by atoms with Crippen molar-refractivity contribution in [1.82, 2.24) is 10.2 Å². The second-order valence-electron chi connectivity index (χ2n) is 8.35. The molecular weight excluding hydrogens is 406 g/mol. The number of benzene rings is 2. The van der Waals surface area contributed by atoms with Crippen molar-refractivity contribution in [2.75, 3.05) is 65.1 Å². The SMILES string of the molecule is COc1cccc(OCC(=O)NCC(c2ccc3c(c2)CCCN3C)N2CCOCC2)c1. The first-order chi connectivity index (χ1) is 15.6. The van der Waals surface area contributed by atoms with E-state index in [2.05, 4.69) is 40.4 Å². The van der Waals surface area contributed by atoms with Gasteiger partial charge in [0.2, 0.25) is 0 Å². The van der Waals surface area contributed by atoms with Crippen molar-refractivity contribution >= 4 is 11.6 Å². The minimum absolute atomic E-state index is 0.0298. The highest BCUT2D eigenvalue weighted by molar-refractivity contribution is 5.77. The molecular formula is C25H33N3O4. The third kappa shape index (κ3) is 5.53. The molecule has 2 heterocycles. The van der Waals surface area contributed by atoms with E-state index < -0.39 is 0 Å². The fourth-order valence-electron chi connectivity index (χ4n) is 4.46. The van der Waals surface area contributed by atoms with Gasteiger partial charge in [-0.05, 0) is 42.2 Å². The highest BCUT2D eigenvalue weighted by atomic mass is 16.5. The Hall–Kier alpha value is -2.77. The Morgan fingerprint density at radius 2 is 1.94 bits per heavy atom. The molecule has 7 nitrogen and oxygen atoms in total. The summed E-state index contributed by atoms with van der Waals surface area (Å²) in [7, 11) is 3.76. The van der Waals surface area contributed by atoms with Gasteiger partial charge in [0.05, 0.1) is 26.4 Å². The van der Waals surface area contributed by atoms with Crippen LogP contribution in [0, 0.1) is 0 Å². The predicted octanol–water partition coefficient (Wildman–Crippen LogP) is 2.65. The summed E-state index contributed by atoms with van der Waals surface area (Å²) in [5, 5.41) is 3.08. The molecule has 1 N–H and O–H groups in total. The minimum atomic E-state index is -0.135. The first-order valence-corrected chi connectivity index (χ1v) is 11.3. The Kier molecular flexibility index (Phi) is 7.50. The van der Waals surface area contributed by atoms with Gasteiger partial charge in [-0.3, -0.25) is 9.69 Å². The molecule has 0 bridgehead atoms. The van der Waals surface area contributed by atoms with Crippen LogP contribution in [0.5, 0.6) is 11.5 Å². The molecule has 1 saturated heterocycles. The first kappa shape index (κ1) is 22.4. The Morgan fingerprint density at radius 3 is 2.75 bits per heavy atom. The molecule has 0 radical (unpaired) electrons. The van der Waals surface area contributed by atoms with Gasteiger partial charge in [-0.2, -0.15) is 0 Å². The van der Waals surface area contributed by atoms with E-state index in [1.807, 2.05) is 18.2 Å². The number of anilines is 1. The Morgan fingerprint density at radius 1 is 1.12 bits per heavy atom.